The zero-order valence-corrected chi connectivity index (χ0v) is 5.89. The van der Waals surface area contributed by atoms with Gasteiger partial charge in [0.1, 0.15) is 0 Å². The summed E-state index contributed by atoms with van der Waals surface area (Å²) in [6.07, 6.45) is 0. The third kappa shape index (κ3) is 1.01. The lowest BCUT2D eigenvalue weighted by molar-refractivity contribution is 0.121. The number of hydrogen-bond donors (Lipinski definition) is 0. The SMILES string of the molecule is CCN(C)N1CC1C. The molecule has 1 aliphatic heterocycles. The van der Waals surface area contributed by atoms with Gasteiger partial charge >= 0.3 is 0 Å². The highest BCUT2D eigenvalue weighted by Gasteiger charge is 2.31. The second-order valence-electron chi connectivity index (χ2n) is 2.44. The quantitative estimate of drug-likeness (QED) is 0.484. The minimum Gasteiger partial charge on any atom is -0.245 e. The highest BCUT2D eigenvalue weighted by molar-refractivity contribution is 4.80. The van der Waals surface area contributed by atoms with Gasteiger partial charge in [0.05, 0.1) is 0 Å². The largest absolute Gasteiger partial charge is 0.245 e. The molecular weight excluding hydrogens is 100 g/mol. The molecule has 0 N–H and O–H groups in total. The smallest absolute Gasteiger partial charge is 0.0359 e. The lowest BCUT2D eigenvalue weighted by atomic mass is 10.6. The van der Waals surface area contributed by atoms with Crippen LogP contribution in [-0.2, 0) is 0 Å². The first-order chi connectivity index (χ1) is 3.75. The molecule has 1 saturated heterocycles. The van der Waals surface area contributed by atoms with Crippen molar-refractivity contribution in [1.82, 2.24) is 10.0 Å². The molecule has 0 aromatic carbocycles. The van der Waals surface area contributed by atoms with Crippen LogP contribution < -0.4 is 0 Å². The Bertz CT molecular complexity index is 80.6. The highest BCUT2D eigenvalue weighted by atomic mass is 15.7. The number of hydrogen-bond acceptors (Lipinski definition) is 2. The van der Waals surface area contributed by atoms with E-state index in [0.29, 0.717) is 0 Å². The molecule has 48 valence electrons. The first kappa shape index (κ1) is 6.05. The summed E-state index contributed by atoms with van der Waals surface area (Å²) in [6, 6.07) is 0.806. The van der Waals surface area contributed by atoms with Crippen molar-refractivity contribution in [2.45, 2.75) is 19.9 Å². The van der Waals surface area contributed by atoms with Crippen LogP contribution >= 0.6 is 0 Å². The van der Waals surface area contributed by atoms with Gasteiger partial charge in [0.2, 0.25) is 0 Å². The van der Waals surface area contributed by atoms with Gasteiger partial charge in [-0.05, 0) is 6.92 Å². The summed E-state index contributed by atoms with van der Waals surface area (Å²) < 4.78 is 0. The van der Waals surface area contributed by atoms with Crippen LogP contribution in [0.3, 0.4) is 0 Å². The zero-order valence-electron chi connectivity index (χ0n) is 5.89. The van der Waals surface area contributed by atoms with E-state index in [0.717, 1.165) is 12.6 Å². The van der Waals surface area contributed by atoms with E-state index in [1.807, 2.05) is 0 Å². The fourth-order valence-electron chi connectivity index (χ4n) is 0.881. The van der Waals surface area contributed by atoms with Gasteiger partial charge in [0.25, 0.3) is 0 Å². The van der Waals surface area contributed by atoms with E-state index in [4.69, 9.17) is 0 Å². The fraction of sp³-hybridized carbons (Fsp3) is 1.00. The third-order valence-corrected chi connectivity index (χ3v) is 1.72. The van der Waals surface area contributed by atoms with E-state index < -0.39 is 0 Å². The van der Waals surface area contributed by atoms with Crippen molar-refractivity contribution < 1.29 is 0 Å². The Hall–Kier alpha value is -0.0800. The van der Waals surface area contributed by atoms with Crippen molar-refractivity contribution in [2.24, 2.45) is 0 Å². The minimum absolute atomic E-state index is 0.806. The molecule has 2 heteroatoms. The highest BCUT2D eigenvalue weighted by Crippen LogP contribution is 2.16. The summed E-state index contributed by atoms with van der Waals surface area (Å²) in [7, 11) is 2.13. The monoisotopic (exact) mass is 114 g/mol. The summed E-state index contributed by atoms with van der Waals surface area (Å²) in [4.78, 5) is 0. The van der Waals surface area contributed by atoms with Crippen LogP contribution in [0, 0.1) is 0 Å². The van der Waals surface area contributed by atoms with Gasteiger partial charge in [-0.15, -0.1) is 0 Å². The first-order valence-corrected chi connectivity index (χ1v) is 3.23. The van der Waals surface area contributed by atoms with E-state index in [1.165, 1.54) is 6.54 Å². The Labute approximate surface area is 51.0 Å². The van der Waals surface area contributed by atoms with E-state index in [-0.39, 0.29) is 0 Å². The van der Waals surface area contributed by atoms with E-state index in [2.05, 4.69) is 30.9 Å². The Kier molecular flexibility index (Phi) is 1.54. The van der Waals surface area contributed by atoms with Crippen molar-refractivity contribution in [3.05, 3.63) is 0 Å². The number of nitrogens with zero attached hydrogens (tertiary/aromatic N) is 2. The number of rotatable bonds is 2. The van der Waals surface area contributed by atoms with Crippen molar-refractivity contribution in [1.29, 1.82) is 0 Å². The Balaban J connectivity index is 2.18. The van der Waals surface area contributed by atoms with Crippen LogP contribution in [0.5, 0.6) is 0 Å². The molecule has 0 aliphatic carbocycles. The lowest BCUT2D eigenvalue weighted by Crippen LogP contribution is -2.25. The molecule has 1 fully saturated rings. The summed E-state index contributed by atoms with van der Waals surface area (Å²) >= 11 is 0. The average molecular weight is 114 g/mol. The van der Waals surface area contributed by atoms with Crippen LogP contribution in [0.1, 0.15) is 13.8 Å². The molecule has 0 radical (unpaired) electrons. The Morgan fingerprint density at radius 3 is 2.38 bits per heavy atom. The molecule has 2 nitrogen and oxygen atoms in total. The van der Waals surface area contributed by atoms with E-state index >= 15 is 0 Å². The summed E-state index contributed by atoms with van der Waals surface area (Å²) in [6.45, 7) is 6.80. The summed E-state index contributed by atoms with van der Waals surface area (Å²) in [5, 5.41) is 4.60. The van der Waals surface area contributed by atoms with Crippen molar-refractivity contribution in [3.63, 3.8) is 0 Å². The fourth-order valence-corrected chi connectivity index (χ4v) is 0.881. The van der Waals surface area contributed by atoms with Crippen molar-refractivity contribution in [3.8, 4) is 0 Å². The normalized spacial score (nSPS) is 36.0. The number of hydrazine groups is 1. The average Bonchev–Trinajstić information content (AvgIpc) is 2.45. The predicted molar refractivity (Wildman–Crippen MR) is 34.5 cm³/mol. The van der Waals surface area contributed by atoms with Gasteiger partial charge < -0.3 is 0 Å². The van der Waals surface area contributed by atoms with Crippen molar-refractivity contribution >= 4 is 0 Å². The zero-order chi connectivity index (χ0) is 6.15. The van der Waals surface area contributed by atoms with Crippen molar-refractivity contribution in [2.75, 3.05) is 20.1 Å². The Morgan fingerprint density at radius 1 is 1.75 bits per heavy atom. The van der Waals surface area contributed by atoms with Crippen LogP contribution in [-0.4, -0.2) is 36.2 Å². The van der Waals surface area contributed by atoms with Gasteiger partial charge in [-0.3, -0.25) is 0 Å². The molecule has 2 unspecified atom stereocenters. The molecule has 0 amide bonds. The first-order valence-electron chi connectivity index (χ1n) is 3.23. The molecule has 0 bridgehead atoms. The van der Waals surface area contributed by atoms with E-state index in [1.54, 1.807) is 0 Å². The van der Waals surface area contributed by atoms with Gasteiger partial charge in [0.15, 0.2) is 0 Å². The molecule has 2 atom stereocenters. The Morgan fingerprint density at radius 2 is 2.25 bits per heavy atom. The molecule has 0 aromatic heterocycles. The molecule has 1 heterocycles. The van der Waals surface area contributed by atoms with Gasteiger partial charge in [-0.25, -0.2) is 10.0 Å². The van der Waals surface area contributed by atoms with Gasteiger partial charge in [-0.2, -0.15) is 0 Å². The maximum absolute atomic E-state index is 2.35. The predicted octanol–water partition coefficient (Wildman–Crippen LogP) is 0.557. The summed E-state index contributed by atoms with van der Waals surface area (Å²) in [5.41, 5.74) is 0. The molecule has 0 spiro atoms. The molecule has 0 aromatic rings. The van der Waals surface area contributed by atoms with Gasteiger partial charge in [-0.1, -0.05) is 6.92 Å². The maximum Gasteiger partial charge on any atom is 0.0359 e. The summed E-state index contributed by atoms with van der Waals surface area (Å²) in [5.74, 6) is 0. The topological polar surface area (TPSA) is 6.25 Å². The standard InChI is InChI=1S/C6H14N2/c1-4-7(3)8-5-6(8)2/h6H,4-5H2,1-3H3. The van der Waals surface area contributed by atoms with Crippen LogP contribution in [0.25, 0.3) is 0 Å². The third-order valence-electron chi connectivity index (χ3n) is 1.72. The van der Waals surface area contributed by atoms with E-state index in [9.17, 15) is 0 Å². The molecule has 0 saturated carbocycles. The molecular formula is C6H14N2. The van der Waals surface area contributed by atoms with Crippen LogP contribution in [0.2, 0.25) is 0 Å². The lowest BCUT2D eigenvalue weighted by Gasteiger charge is -2.14. The molecule has 1 aliphatic rings. The molecule has 8 heavy (non-hydrogen) atoms. The van der Waals surface area contributed by atoms with Crippen LogP contribution in [0.4, 0.5) is 0 Å². The van der Waals surface area contributed by atoms with Gasteiger partial charge in [0, 0.05) is 26.2 Å². The van der Waals surface area contributed by atoms with Crippen LogP contribution in [0.15, 0.2) is 0 Å². The minimum atomic E-state index is 0.806. The second kappa shape index (κ2) is 2.03. The second-order valence-corrected chi connectivity index (χ2v) is 2.44. The molecule has 1 rings (SSSR count). The maximum atomic E-state index is 2.35.